The molecule has 1 nitrogen and oxygen atoms in total. The zero-order valence-electron chi connectivity index (χ0n) is 9.43. The van der Waals surface area contributed by atoms with Gasteiger partial charge in [0.05, 0.1) is 0 Å². The SMILES string of the molecule is NC1CCCCCCCCCCC1.[Ti]. The summed E-state index contributed by atoms with van der Waals surface area (Å²) >= 11 is 0. The molecule has 1 aliphatic rings. The Hall–Kier alpha value is 0.674. The zero-order chi connectivity index (χ0) is 9.36. The first-order valence-corrected chi connectivity index (χ1v) is 6.15. The van der Waals surface area contributed by atoms with Crippen molar-refractivity contribution in [1.82, 2.24) is 0 Å². The molecule has 1 fully saturated rings. The minimum atomic E-state index is 0. The average Bonchev–Trinajstić information content (AvgIpc) is 2.11. The number of rotatable bonds is 0. The van der Waals surface area contributed by atoms with Gasteiger partial charge in [-0.2, -0.15) is 0 Å². The van der Waals surface area contributed by atoms with Gasteiger partial charge >= 0.3 is 0 Å². The Morgan fingerprint density at radius 3 is 1.21 bits per heavy atom. The van der Waals surface area contributed by atoms with Gasteiger partial charge in [0.25, 0.3) is 0 Å². The van der Waals surface area contributed by atoms with Gasteiger partial charge in [-0.05, 0) is 12.8 Å². The summed E-state index contributed by atoms with van der Waals surface area (Å²) in [6.45, 7) is 0. The predicted molar refractivity (Wildman–Crippen MR) is 58.8 cm³/mol. The second-order valence-corrected chi connectivity index (χ2v) is 4.52. The molecule has 1 rings (SSSR count). The fraction of sp³-hybridized carbons (Fsp3) is 1.00. The van der Waals surface area contributed by atoms with Crippen LogP contribution in [0.4, 0.5) is 0 Å². The summed E-state index contributed by atoms with van der Waals surface area (Å²) in [5.41, 5.74) is 6.01. The topological polar surface area (TPSA) is 26.0 Å². The average molecular weight is 231 g/mol. The van der Waals surface area contributed by atoms with Crippen LogP contribution in [-0.2, 0) is 21.7 Å². The first-order chi connectivity index (χ1) is 6.39. The Kier molecular flexibility index (Phi) is 10.7. The summed E-state index contributed by atoms with van der Waals surface area (Å²) in [5, 5.41) is 0. The van der Waals surface area contributed by atoms with Crippen molar-refractivity contribution < 1.29 is 21.7 Å². The van der Waals surface area contributed by atoms with Crippen LogP contribution in [-0.4, -0.2) is 6.04 Å². The maximum absolute atomic E-state index is 6.01. The van der Waals surface area contributed by atoms with E-state index in [0.717, 1.165) is 0 Å². The smallest absolute Gasteiger partial charge is 0.00388 e. The molecule has 82 valence electrons. The van der Waals surface area contributed by atoms with Crippen LogP contribution in [0, 0.1) is 0 Å². The molecule has 14 heavy (non-hydrogen) atoms. The van der Waals surface area contributed by atoms with Gasteiger partial charge in [-0.15, -0.1) is 0 Å². The largest absolute Gasteiger partial charge is 0.328 e. The van der Waals surface area contributed by atoms with E-state index in [0.29, 0.717) is 6.04 Å². The summed E-state index contributed by atoms with van der Waals surface area (Å²) in [5.74, 6) is 0. The van der Waals surface area contributed by atoms with E-state index < -0.39 is 0 Å². The van der Waals surface area contributed by atoms with Crippen molar-refractivity contribution in [3.63, 3.8) is 0 Å². The molecule has 2 heteroatoms. The van der Waals surface area contributed by atoms with Crippen LogP contribution in [0.25, 0.3) is 0 Å². The van der Waals surface area contributed by atoms with Crippen LogP contribution in [0.5, 0.6) is 0 Å². The Bertz CT molecular complexity index is 105. The first-order valence-electron chi connectivity index (χ1n) is 6.15. The van der Waals surface area contributed by atoms with Crippen LogP contribution in [0.1, 0.15) is 70.6 Å². The van der Waals surface area contributed by atoms with Gasteiger partial charge in [0.15, 0.2) is 0 Å². The maximum Gasteiger partial charge on any atom is 0.00388 e. The third-order valence-electron chi connectivity index (χ3n) is 3.15. The van der Waals surface area contributed by atoms with E-state index in [4.69, 9.17) is 5.73 Å². The molecule has 0 aliphatic heterocycles. The third-order valence-corrected chi connectivity index (χ3v) is 3.15. The second-order valence-electron chi connectivity index (χ2n) is 4.52. The predicted octanol–water partition coefficient (Wildman–Crippen LogP) is 3.62. The zero-order valence-corrected chi connectivity index (χ0v) is 11.0. The summed E-state index contributed by atoms with van der Waals surface area (Å²) in [6.07, 6.45) is 15.3. The van der Waals surface area contributed by atoms with E-state index in [1.807, 2.05) is 0 Å². The van der Waals surface area contributed by atoms with Gasteiger partial charge in [0.1, 0.15) is 0 Å². The molecule has 0 amide bonds. The molecule has 0 heterocycles. The fourth-order valence-electron chi connectivity index (χ4n) is 2.19. The van der Waals surface area contributed by atoms with Crippen molar-refractivity contribution in [3.05, 3.63) is 0 Å². The molecule has 0 saturated heterocycles. The second kappa shape index (κ2) is 10.2. The fourth-order valence-corrected chi connectivity index (χ4v) is 2.19. The summed E-state index contributed by atoms with van der Waals surface area (Å²) in [7, 11) is 0. The van der Waals surface area contributed by atoms with Crippen molar-refractivity contribution in [2.75, 3.05) is 0 Å². The van der Waals surface area contributed by atoms with Gasteiger partial charge in [0, 0.05) is 27.8 Å². The van der Waals surface area contributed by atoms with Crippen LogP contribution in [0.3, 0.4) is 0 Å². The van der Waals surface area contributed by atoms with E-state index in [2.05, 4.69) is 0 Å². The molecule has 0 aromatic carbocycles. The van der Waals surface area contributed by atoms with Crippen LogP contribution in [0.2, 0.25) is 0 Å². The molecule has 2 N–H and O–H groups in total. The molecular formula is C12H25NTi. The maximum atomic E-state index is 6.01. The molecule has 0 atom stereocenters. The Morgan fingerprint density at radius 1 is 0.571 bits per heavy atom. The number of hydrogen-bond acceptors (Lipinski definition) is 1. The summed E-state index contributed by atoms with van der Waals surface area (Å²) in [6, 6.07) is 0.499. The quantitative estimate of drug-likeness (QED) is 0.633. The molecule has 0 unspecified atom stereocenters. The van der Waals surface area contributed by atoms with E-state index in [-0.39, 0.29) is 21.7 Å². The van der Waals surface area contributed by atoms with Gasteiger partial charge in [-0.3, -0.25) is 0 Å². The molecule has 0 spiro atoms. The summed E-state index contributed by atoms with van der Waals surface area (Å²) < 4.78 is 0. The minimum Gasteiger partial charge on any atom is -0.328 e. The van der Waals surface area contributed by atoms with E-state index in [1.54, 1.807) is 0 Å². The number of nitrogens with two attached hydrogens (primary N) is 1. The third kappa shape index (κ3) is 8.02. The Morgan fingerprint density at radius 2 is 0.857 bits per heavy atom. The first kappa shape index (κ1) is 14.7. The van der Waals surface area contributed by atoms with Crippen molar-refractivity contribution >= 4 is 0 Å². The van der Waals surface area contributed by atoms with Crippen molar-refractivity contribution in [2.24, 2.45) is 5.73 Å². The Balaban J connectivity index is 0.00000169. The molecule has 0 aromatic heterocycles. The monoisotopic (exact) mass is 231 g/mol. The van der Waals surface area contributed by atoms with Gasteiger partial charge in [-0.1, -0.05) is 57.8 Å². The molecule has 0 bridgehead atoms. The van der Waals surface area contributed by atoms with Gasteiger partial charge in [0.2, 0.25) is 0 Å². The van der Waals surface area contributed by atoms with Crippen LogP contribution >= 0.6 is 0 Å². The molecule has 0 aromatic rings. The van der Waals surface area contributed by atoms with Gasteiger partial charge in [-0.25, -0.2) is 0 Å². The van der Waals surface area contributed by atoms with E-state index in [1.165, 1.54) is 70.6 Å². The molecule has 1 aliphatic carbocycles. The molecule has 0 radical (unpaired) electrons. The molecular weight excluding hydrogens is 206 g/mol. The van der Waals surface area contributed by atoms with Gasteiger partial charge < -0.3 is 5.73 Å². The minimum absolute atomic E-state index is 0. The summed E-state index contributed by atoms with van der Waals surface area (Å²) in [4.78, 5) is 0. The van der Waals surface area contributed by atoms with Crippen molar-refractivity contribution in [2.45, 2.75) is 76.7 Å². The normalized spacial score (nSPS) is 22.9. The standard InChI is InChI=1S/C12H25N.Ti/c13-12-10-8-6-4-2-1-3-5-7-9-11-12;/h12H,1-11,13H2;. The van der Waals surface area contributed by atoms with E-state index in [9.17, 15) is 0 Å². The Labute approximate surface area is 104 Å². The van der Waals surface area contributed by atoms with Crippen LogP contribution < -0.4 is 5.73 Å². The van der Waals surface area contributed by atoms with E-state index >= 15 is 0 Å². The van der Waals surface area contributed by atoms with Crippen molar-refractivity contribution in [1.29, 1.82) is 0 Å². The molecule has 1 saturated carbocycles. The number of hydrogen-bond donors (Lipinski definition) is 1. The van der Waals surface area contributed by atoms with Crippen molar-refractivity contribution in [3.8, 4) is 0 Å². The van der Waals surface area contributed by atoms with Crippen LogP contribution in [0.15, 0.2) is 0 Å².